The molecule has 4 atom stereocenters. The molecule has 3 unspecified atom stereocenters. The average Bonchev–Trinajstić information content (AvgIpc) is 3.13. The fourth-order valence-corrected chi connectivity index (χ4v) is 6.39. The van der Waals surface area contributed by atoms with Crippen molar-refractivity contribution in [1.82, 2.24) is 9.88 Å². The van der Waals surface area contributed by atoms with Crippen LogP contribution in [0.5, 0.6) is 0 Å². The van der Waals surface area contributed by atoms with Gasteiger partial charge >= 0.3 is 29.6 Å². The van der Waals surface area contributed by atoms with Gasteiger partial charge in [0.2, 0.25) is 5.91 Å². The van der Waals surface area contributed by atoms with E-state index in [4.69, 9.17) is 5.73 Å². The summed E-state index contributed by atoms with van der Waals surface area (Å²) in [7, 11) is 0. The molecule has 3 aliphatic heterocycles. The summed E-state index contributed by atoms with van der Waals surface area (Å²) in [6, 6.07) is -0.337. The van der Waals surface area contributed by atoms with Crippen molar-refractivity contribution < 1.29 is 54.2 Å². The van der Waals surface area contributed by atoms with Crippen LogP contribution in [0.2, 0.25) is 0 Å². The van der Waals surface area contributed by atoms with Gasteiger partial charge in [-0.25, -0.2) is 4.98 Å². The van der Waals surface area contributed by atoms with Gasteiger partial charge < -0.3 is 30.5 Å². The zero-order valence-electron chi connectivity index (χ0n) is 16.2. The van der Waals surface area contributed by atoms with E-state index >= 15 is 0 Å². The second-order valence-corrected chi connectivity index (χ2v) is 9.46. The van der Waals surface area contributed by atoms with E-state index in [1.165, 1.54) is 28.0 Å². The van der Waals surface area contributed by atoms with Gasteiger partial charge in [-0.3, -0.25) is 9.59 Å². The van der Waals surface area contributed by atoms with Gasteiger partial charge in [0, 0.05) is 34.5 Å². The van der Waals surface area contributed by atoms with E-state index in [2.05, 4.69) is 4.98 Å². The summed E-state index contributed by atoms with van der Waals surface area (Å²) in [5.41, 5.74) is 5.39. The number of carbonyl (C=O) groups excluding carboxylic acids is 3. The Labute approximate surface area is 197 Å². The number of hydrogen-bond acceptors (Lipinski definition) is 9. The van der Waals surface area contributed by atoms with E-state index in [9.17, 15) is 24.6 Å². The number of fused-ring (bicyclic) bond motifs is 1. The number of aliphatic carboxylic acids is 1. The van der Waals surface area contributed by atoms with Crippen LogP contribution >= 0.6 is 23.1 Å². The number of aromatic nitrogens is 1. The molecule has 3 N–H and O–H groups in total. The molecule has 9 nitrogen and oxygen atoms in total. The molecule has 4 rings (SSSR count). The summed E-state index contributed by atoms with van der Waals surface area (Å²) in [6.45, 7) is 4.72. The minimum atomic E-state index is -1.36. The maximum atomic E-state index is 12.3. The number of primary amides is 1. The fraction of sp³-hybridized carbons (Fsp3) is 0.529. The number of carboxylic acid groups (broad SMARTS) is 1. The van der Waals surface area contributed by atoms with Crippen molar-refractivity contribution in [3.8, 4) is 0 Å². The van der Waals surface area contributed by atoms with Gasteiger partial charge in [0.15, 0.2) is 5.13 Å². The standard InChI is InChI=1S/C17H20N4O5S2.Na/c1-6-11-10(7(2)22)15(24)21(11)12(16(25)26)13(6)28-8-3-20(4-8)17-19-9(5-27-17)14(18)23;/h5-8,10-11,22H,3-4H2,1-2H3,(H2,18,23)(H,25,26);/q;+1/p-1/t6-,7?,10?,11?;/m1./s1. The van der Waals surface area contributed by atoms with Gasteiger partial charge in [0.25, 0.3) is 5.91 Å². The Morgan fingerprint density at radius 2 is 2.10 bits per heavy atom. The Morgan fingerprint density at radius 3 is 2.62 bits per heavy atom. The Hall–Kier alpha value is -1.11. The Kier molecular flexibility index (Phi) is 6.38. The van der Waals surface area contributed by atoms with Crippen LogP contribution in [0.25, 0.3) is 0 Å². The van der Waals surface area contributed by atoms with Gasteiger partial charge in [0.05, 0.1) is 29.7 Å². The molecule has 4 heterocycles. The van der Waals surface area contributed by atoms with Gasteiger partial charge in [-0.1, -0.05) is 6.92 Å². The van der Waals surface area contributed by atoms with Crippen LogP contribution in [0, 0.1) is 11.8 Å². The number of nitrogens with zero attached hydrogens (tertiary/aromatic N) is 3. The largest absolute Gasteiger partial charge is 1.00 e. The first-order valence-electron chi connectivity index (χ1n) is 8.84. The van der Waals surface area contributed by atoms with E-state index in [-0.39, 0.29) is 64.1 Å². The quantitative estimate of drug-likeness (QED) is 0.333. The van der Waals surface area contributed by atoms with Crippen LogP contribution in [0.1, 0.15) is 24.3 Å². The molecule has 0 spiro atoms. The number of amides is 2. The number of β-lactam (4-membered cyclic amide) rings is 1. The number of rotatable bonds is 6. The predicted molar refractivity (Wildman–Crippen MR) is 101 cm³/mol. The van der Waals surface area contributed by atoms with Crippen molar-refractivity contribution >= 4 is 46.0 Å². The summed E-state index contributed by atoms with van der Waals surface area (Å²) in [4.78, 5) is 43.3. The van der Waals surface area contributed by atoms with Crippen molar-refractivity contribution in [2.45, 2.75) is 31.2 Å². The molecule has 0 aromatic carbocycles. The summed E-state index contributed by atoms with van der Waals surface area (Å²) in [6.07, 6.45) is -0.827. The second kappa shape index (κ2) is 8.20. The van der Waals surface area contributed by atoms with Crippen molar-refractivity contribution in [3.05, 3.63) is 21.7 Å². The summed E-state index contributed by atoms with van der Waals surface area (Å²) < 4.78 is 0. The van der Waals surface area contributed by atoms with Crippen molar-refractivity contribution in [2.75, 3.05) is 18.0 Å². The van der Waals surface area contributed by atoms with Crippen LogP contribution in [-0.4, -0.2) is 63.3 Å². The topological polar surface area (TPSA) is 140 Å². The number of aliphatic hydroxyl groups is 1. The summed E-state index contributed by atoms with van der Waals surface area (Å²) in [5, 5.41) is 24.0. The Morgan fingerprint density at radius 1 is 1.45 bits per heavy atom. The van der Waals surface area contributed by atoms with Gasteiger partial charge in [-0.05, 0) is 6.92 Å². The molecule has 150 valence electrons. The second-order valence-electron chi connectivity index (χ2n) is 7.28. The normalized spacial score (nSPS) is 27.1. The molecule has 2 fully saturated rings. The molecule has 0 saturated carbocycles. The summed E-state index contributed by atoms with van der Waals surface area (Å²) in [5.74, 6) is -3.05. The minimum Gasteiger partial charge on any atom is -0.543 e. The Bertz CT molecular complexity index is 898. The molecular weight excluding hydrogens is 427 g/mol. The van der Waals surface area contributed by atoms with Crippen molar-refractivity contribution in [1.29, 1.82) is 0 Å². The third-order valence-electron chi connectivity index (χ3n) is 5.46. The molecule has 2 amide bonds. The number of carboxylic acids is 1. The number of hydrogen-bond donors (Lipinski definition) is 2. The molecule has 12 heteroatoms. The first-order chi connectivity index (χ1) is 13.2. The minimum absolute atomic E-state index is 0. The van der Waals surface area contributed by atoms with Crippen LogP contribution in [0.15, 0.2) is 16.0 Å². The van der Waals surface area contributed by atoms with Gasteiger partial charge in [0.1, 0.15) is 5.69 Å². The van der Waals surface area contributed by atoms with Crippen molar-refractivity contribution in [3.63, 3.8) is 0 Å². The third-order valence-corrected chi connectivity index (χ3v) is 7.81. The number of thioether (sulfide) groups is 1. The van der Waals surface area contributed by atoms with Crippen molar-refractivity contribution in [2.24, 2.45) is 17.6 Å². The summed E-state index contributed by atoms with van der Waals surface area (Å²) >= 11 is 2.78. The predicted octanol–water partition coefficient (Wildman–Crippen LogP) is -4.01. The van der Waals surface area contributed by atoms with E-state index in [0.29, 0.717) is 23.1 Å². The zero-order valence-corrected chi connectivity index (χ0v) is 19.8. The molecule has 0 aliphatic carbocycles. The number of aliphatic hydroxyl groups excluding tert-OH is 1. The monoisotopic (exact) mass is 446 g/mol. The average molecular weight is 446 g/mol. The fourth-order valence-electron chi connectivity index (χ4n) is 4.04. The number of thiazole rings is 1. The molecule has 29 heavy (non-hydrogen) atoms. The van der Waals surface area contributed by atoms with Crippen LogP contribution in [-0.2, 0) is 9.59 Å². The maximum absolute atomic E-state index is 12.3. The first kappa shape index (κ1) is 22.6. The molecule has 3 aliphatic rings. The third kappa shape index (κ3) is 3.61. The molecule has 1 aromatic heterocycles. The molecule has 0 bridgehead atoms. The molecule has 2 saturated heterocycles. The van der Waals surface area contributed by atoms with E-state index in [1.807, 2.05) is 11.8 Å². The maximum Gasteiger partial charge on any atom is 1.00 e. The number of nitrogens with two attached hydrogens (primary N) is 1. The number of anilines is 1. The SMILES string of the molecule is CC(O)C1C(=O)N2C(C(=O)[O-])=C(SC3CN(c4nc(C(N)=O)cs4)C3)[C@H](C)C12.[Na+]. The van der Waals surface area contributed by atoms with Crippen LogP contribution in [0.4, 0.5) is 5.13 Å². The van der Waals surface area contributed by atoms with Gasteiger partial charge in [-0.2, -0.15) is 0 Å². The first-order valence-corrected chi connectivity index (χ1v) is 10.6. The smallest absolute Gasteiger partial charge is 0.543 e. The Balaban J connectivity index is 0.00000240. The van der Waals surface area contributed by atoms with Crippen LogP contribution in [0.3, 0.4) is 0 Å². The number of carbonyl (C=O) groups is 3. The van der Waals surface area contributed by atoms with E-state index < -0.39 is 23.9 Å². The van der Waals surface area contributed by atoms with E-state index in [0.717, 1.165) is 0 Å². The van der Waals surface area contributed by atoms with E-state index in [1.54, 1.807) is 12.3 Å². The molecule has 0 radical (unpaired) electrons. The van der Waals surface area contributed by atoms with Gasteiger partial charge in [-0.15, -0.1) is 23.1 Å². The zero-order chi connectivity index (χ0) is 20.3. The molecule has 1 aromatic rings. The van der Waals surface area contributed by atoms with Crippen LogP contribution < -0.4 is 45.3 Å². The molecular formula is C17H19N4NaO5S2.